The van der Waals surface area contributed by atoms with Crippen LogP contribution in [0.1, 0.15) is 48.0 Å². The second-order valence-electron chi connectivity index (χ2n) is 6.79. The first-order valence-electron chi connectivity index (χ1n) is 9.08. The fraction of sp³-hybridized carbons (Fsp3) is 0.400. The molecule has 1 aromatic carbocycles. The summed E-state index contributed by atoms with van der Waals surface area (Å²) in [7, 11) is 0. The number of carbonyl (C=O) groups is 2. The summed E-state index contributed by atoms with van der Waals surface area (Å²) in [6.07, 6.45) is 8.01. The third-order valence-electron chi connectivity index (χ3n) is 4.81. The lowest BCUT2D eigenvalue weighted by Gasteiger charge is -2.23. The molecular weight excluding hydrogens is 364 g/mol. The summed E-state index contributed by atoms with van der Waals surface area (Å²) in [6, 6.07) is 9.27. The minimum absolute atomic E-state index is 0.0536. The van der Waals surface area contributed by atoms with Crippen LogP contribution in [0.3, 0.4) is 0 Å². The summed E-state index contributed by atoms with van der Waals surface area (Å²) in [4.78, 5) is 25.0. The Hall–Kier alpha value is -2.65. The lowest BCUT2D eigenvalue weighted by molar-refractivity contribution is -0.123. The van der Waals surface area contributed by atoms with E-state index in [1.807, 2.05) is 24.3 Å². The molecule has 27 heavy (non-hydrogen) atoms. The number of aromatic nitrogens is 2. The maximum atomic E-state index is 12.6. The van der Waals surface area contributed by atoms with Gasteiger partial charge < -0.3 is 5.32 Å². The van der Waals surface area contributed by atoms with Crippen molar-refractivity contribution in [1.82, 2.24) is 15.1 Å². The van der Waals surface area contributed by atoms with Crippen LogP contribution in [-0.2, 0) is 11.3 Å². The molecule has 2 aromatic rings. The zero-order valence-electron chi connectivity index (χ0n) is 14.9. The highest BCUT2D eigenvalue weighted by atomic mass is 35.5. The Kier molecular flexibility index (Phi) is 6.25. The van der Waals surface area contributed by atoms with Crippen molar-refractivity contribution in [3.8, 4) is 6.07 Å². The predicted molar refractivity (Wildman–Crippen MR) is 101 cm³/mol. The normalized spacial score (nSPS) is 15.7. The van der Waals surface area contributed by atoms with E-state index in [1.165, 1.54) is 6.20 Å². The molecule has 140 valence electrons. The molecule has 6 nitrogen and oxygen atoms in total. The predicted octanol–water partition coefficient (Wildman–Crippen LogP) is 3.36. The quantitative estimate of drug-likeness (QED) is 0.611. The van der Waals surface area contributed by atoms with Gasteiger partial charge in [0.25, 0.3) is 0 Å². The number of nitriles is 1. The Labute approximate surface area is 163 Å². The Balaban J connectivity index is 1.67. The number of ketones is 1. The van der Waals surface area contributed by atoms with E-state index in [2.05, 4.69) is 10.4 Å². The third-order valence-corrected chi connectivity index (χ3v) is 5.18. The lowest BCUT2D eigenvalue weighted by atomic mass is 9.94. The first kappa shape index (κ1) is 19.1. The number of nitrogens with zero attached hydrogens (tertiary/aromatic N) is 3. The van der Waals surface area contributed by atoms with E-state index >= 15 is 0 Å². The molecule has 1 N–H and O–H groups in total. The average Bonchev–Trinajstić information content (AvgIpc) is 3.13. The highest BCUT2D eigenvalue weighted by Crippen LogP contribution is 2.19. The Bertz CT molecular complexity index is 865. The maximum absolute atomic E-state index is 12.6. The molecule has 1 unspecified atom stereocenters. The summed E-state index contributed by atoms with van der Waals surface area (Å²) in [5.74, 6) is -2.41. The van der Waals surface area contributed by atoms with Crippen molar-refractivity contribution in [1.29, 1.82) is 5.26 Å². The van der Waals surface area contributed by atoms with Crippen LogP contribution in [0.4, 0.5) is 0 Å². The van der Waals surface area contributed by atoms with Gasteiger partial charge in [-0.1, -0.05) is 49.1 Å². The van der Waals surface area contributed by atoms with Gasteiger partial charge in [-0.2, -0.15) is 10.4 Å². The van der Waals surface area contributed by atoms with Crippen LogP contribution in [0, 0.1) is 17.2 Å². The van der Waals surface area contributed by atoms with E-state index in [9.17, 15) is 14.9 Å². The summed E-state index contributed by atoms with van der Waals surface area (Å²) < 4.78 is 1.57. The number of amides is 1. The van der Waals surface area contributed by atoms with Gasteiger partial charge in [-0.15, -0.1) is 0 Å². The van der Waals surface area contributed by atoms with E-state index in [-0.39, 0.29) is 11.6 Å². The second kappa shape index (κ2) is 8.83. The summed E-state index contributed by atoms with van der Waals surface area (Å²) in [5, 5.41) is 17.0. The van der Waals surface area contributed by atoms with Crippen molar-refractivity contribution in [3.63, 3.8) is 0 Å². The Morgan fingerprint density at radius 3 is 2.74 bits per heavy atom. The van der Waals surface area contributed by atoms with Gasteiger partial charge in [-0.3, -0.25) is 14.3 Å². The highest BCUT2D eigenvalue weighted by molar-refractivity contribution is 6.31. The number of Topliss-reactive ketones (excluding diaryl/α,β-unsaturated/α-hetero) is 1. The van der Waals surface area contributed by atoms with Crippen LogP contribution in [0.25, 0.3) is 0 Å². The molecule has 0 aliphatic heterocycles. The first-order valence-corrected chi connectivity index (χ1v) is 9.46. The van der Waals surface area contributed by atoms with E-state index in [0.29, 0.717) is 11.6 Å². The molecular formula is C20H21ClN4O2. The molecule has 1 saturated carbocycles. The molecule has 0 radical (unpaired) electrons. The number of hydrogen-bond donors (Lipinski definition) is 1. The number of nitrogens with one attached hydrogen (secondary N) is 1. The van der Waals surface area contributed by atoms with Crippen molar-refractivity contribution in [2.75, 3.05) is 0 Å². The van der Waals surface area contributed by atoms with Crippen LogP contribution in [0.5, 0.6) is 0 Å². The van der Waals surface area contributed by atoms with Gasteiger partial charge in [0.05, 0.1) is 24.4 Å². The summed E-state index contributed by atoms with van der Waals surface area (Å²) in [5.41, 5.74) is 1.11. The van der Waals surface area contributed by atoms with Gasteiger partial charge in [0.15, 0.2) is 11.7 Å². The fourth-order valence-electron chi connectivity index (χ4n) is 3.31. The molecule has 0 bridgehead atoms. The second-order valence-corrected chi connectivity index (χ2v) is 7.20. The smallest absolute Gasteiger partial charge is 0.245 e. The van der Waals surface area contributed by atoms with Crippen molar-refractivity contribution in [2.24, 2.45) is 5.92 Å². The topological polar surface area (TPSA) is 87.8 Å². The molecule has 0 saturated heterocycles. The summed E-state index contributed by atoms with van der Waals surface area (Å²) >= 11 is 6.15. The summed E-state index contributed by atoms with van der Waals surface area (Å²) in [6.45, 7) is 0.401. The Morgan fingerprint density at radius 1 is 1.30 bits per heavy atom. The van der Waals surface area contributed by atoms with Gasteiger partial charge in [-0.25, -0.2) is 0 Å². The molecule has 1 amide bonds. The lowest BCUT2D eigenvalue weighted by Crippen LogP contribution is -2.41. The molecule has 0 spiro atoms. The third kappa shape index (κ3) is 4.75. The van der Waals surface area contributed by atoms with E-state index < -0.39 is 17.6 Å². The molecule has 1 aliphatic carbocycles. The van der Waals surface area contributed by atoms with E-state index in [0.717, 1.165) is 37.7 Å². The van der Waals surface area contributed by atoms with Crippen molar-refractivity contribution in [2.45, 2.75) is 44.7 Å². The average molecular weight is 385 g/mol. The number of halogens is 1. The van der Waals surface area contributed by atoms with Crippen LogP contribution >= 0.6 is 11.6 Å². The van der Waals surface area contributed by atoms with Gasteiger partial charge in [-0.05, 0) is 24.5 Å². The number of rotatable bonds is 6. The van der Waals surface area contributed by atoms with Crippen LogP contribution in [0.2, 0.25) is 5.02 Å². The number of hydrogen-bond acceptors (Lipinski definition) is 4. The van der Waals surface area contributed by atoms with Crippen LogP contribution in [-0.4, -0.2) is 27.5 Å². The fourth-order valence-corrected chi connectivity index (χ4v) is 3.51. The van der Waals surface area contributed by atoms with Crippen molar-refractivity contribution in [3.05, 3.63) is 52.8 Å². The highest BCUT2D eigenvalue weighted by Gasteiger charge is 2.30. The number of carbonyl (C=O) groups excluding carboxylic acids is 2. The minimum Gasteiger partial charge on any atom is -0.352 e. The maximum Gasteiger partial charge on any atom is 0.245 e. The van der Waals surface area contributed by atoms with Gasteiger partial charge in [0, 0.05) is 17.3 Å². The van der Waals surface area contributed by atoms with E-state index in [4.69, 9.17) is 11.6 Å². The molecule has 1 fully saturated rings. The van der Waals surface area contributed by atoms with Gasteiger partial charge >= 0.3 is 0 Å². The Morgan fingerprint density at radius 2 is 2.04 bits per heavy atom. The molecule has 1 aliphatic rings. The molecule has 3 rings (SSSR count). The monoisotopic (exact) mass is 384 g/mol. The van der Waals surface area contributed by atoms with Crippen molar-refractivity contribution < 1.29 is 9.59 Å². The van der Waals surface area contributed by atoms with Gasteiger partial charge in [0.2, 0.25) is 5.91 Å². The zero-order chi connectivity index (χ0) is 19.2. The zero-order valence-corrected chi connectivity index (χ0v) is 15.7. The number of benzene rings is 1. The molecule has 1 atom stereocenters. The SMILES string of the molecule is N#CC(C(=O)NC1CCCCC1)C(=O)c1cnn(Cc2ccccc2Cl)c1. The first-order chi connectivity index (χ1) is 13.1. The van der Waals surface area contributed by atoms with Crippen LogP contribution < -0.4 is 5.32 Å². The van der Waals surface area contributed by atoms with Gasteiger partial charge in [0.1, 0.15) is 0 Å². The van der Waals surface area contributed by atoms with Crippen LogP contribution in [0.15, 0.2) is 36.7 Å². The minimum atomic E-state index is -1.36. The molecule has 1 heterocycles. The van der Waals surface area contributed by atoms with Crippen molar-refractivity contribution >= 4 is 23.3 Å². The standard InChI is InChI=1S/C20H21ClN4O2/c21-18-9-5-4-6-14(18)12-25-13-15(11-23-25)19(26)17(10-22)20(27)24-16-7-2-1-3-8-16/h4-6,9,11,13,16-17H,1-3,7-8,12H2,(H,24,27). The molecule has 1 aromatic heterocycles. The largest absolute Gasteiger partial charge is 0.352 e. The van der Waals surface area contributed by atoms with E-state index in [1.54, 1.807) is 16.9 Å². The molecule has 7 heteroatoms.